The molecule has 1 amide bonds. The number of esters is 1. The van der Waals surface area contributed by atoms with E-state index in [9.17, 15) is 14.4 Å². The fraction of sp³-hybridized carbons (Fsp3) is 0.292. The highest BCUT2D eigenvalue weighted by Crippen LogP contribution is 2.32. The van der Waals surface area contributed by atoms with Crippen molar-refractivity contribution in [1.29, 1.82) is 0 Å². The van der Waals surface area contributed by atoms with Crippen LogP contribution in [0, 0.1) is 5.92 Å². The molecule has 1 aromatic heterocycles. The van der Waals surface area contributed by atoms with E-state index in [0.29, 0.717) is 29.3 Å². The predicted octanol–water partition coefficient (Wildman–Crippen LogP) is 4.70. The zero-order valence-electron chi connectivity index (χ0n) is 18.1. The lowest BCUT2D eigenvalue weighted by atomic mass is 9.82. The first-order chi connectivity index (χ1) is 16.4. The molecule has 1 saturated carbocycles. The summed E-state index contributed by atoms with van der Waals surface area (Å²) in [6.45, 7) is 0.486. The number of anilines is 1. The van der Waals surface area contributed by atoms with E-state index >= 15 is 0 Å². The third kappa shape index (κ3) is 5.35. The summed E-state index contributed by atoms with van der Waals surface area (Å²) < 4.78 is 21.7. The number of fused-ring (bicyclic) bond motifs is 1. The molecule has 1 aliphatic carbocycles. The van der Waals surface area contributed by atoms with Gasteiger partial charge in [-0.3, -0.25) is 14.4 Å². The van der Waals surface area contributed by atoms with Crippen LogP contribution in [0.15, 0.2) is 51.7 Å². The number of para-hydroxylation sites is 1. The van der Waals surface area contributed by atoms with Crippen LogP contribution in [0.1, 0.15) is 23.4 Å². The molecule has 2 aromatic carbocycles. The van der Waals surface area contributed by atoms with Gasteiger partial charge in [-0.2, -0.15) is 0 Å². The number of hydrogen-bond donors (Lipinski definition) is 1. The maximum Gasteiger partial charge on any atom is 0.308 e. The van der Waals surface area contributed by atoms with Crippen molar-refractivity contribution in [3.8, 4) is 5.75 Å². The number of rotatable bonds is 8. The van der Waals surface area contributed by atoms with E-state index in [2.05, 4.69) is 5.32 Å². The summed E-state index contributed by atoms with van der Waals surface area (Å²) in [6, 6.07) is 10.6. The monoisotopic (exact) mass is 505 g/mol. The quantitative estimate of drug-likeness (QED) is 0.349. The summed E-state index contributed by atoms with van der Waals surface area (Å²) in [5.41, 5.74) is 0.0896. The maximum absolute atomic E-state index is 12.8. The number of nitrogens with one attached hydrogen (secondary N) is 1. The van der Waals surface area contributed by atoms with Crippen LogP contribution in [0.4, 0.5) is 5.69 Å². The molecule has 1 N–H and O–H groups in total. The fourth-order valence-electron chi connectivity index (χ4n) is 3.58. The van der Waals surface area contributed by atoms with Crippen molar-refractivity contribution in [3.63, 3.8) is 0 Å². The molecule has 0 spiro atoms. The molecular formula is C24H21Cl2NO7. The van der Waals surface area contributed by atoms with E-state index < -0.39 is 5.91 Å². The molecule has 1 fully saturated rings. The van der Waals surface area contributed by atoms with E-state index in [0.717, 1.165) is 6.07 Å². The Bertz CT molecular complexity index is 1280. The molecular weight excluding hydrogens is 485 g/mol. The van der Waals surface area contributed by atoms with Gasteiger partial charge >= 0.3 is 5.97 Å². The minimum absolute atomic E-state index is 0.0196. The van der Waals surface area contributed by atoms with Crippen LogP contribution in [-0.4, -0.2) is 38.3 Å². The second kappa shape index (κ2) is 10.5. The molecule has 34 heavy (non-hydrogen) atoms. The van der Waals surface area contributed by atoms with Crippen molar-refractivity contribution >= 4 is 51.7 Å². The van der Waals surface area contributed by atoms with E-state index in [4.69, 9.17) is 41.8 Å². The topological polar surface area (TPSA) is 104 Å². The van der Waals surface area contributed by atoms with Gasteiger partial charge in [0.2, 0.25) is 0 Å². The van der Waals surface area contributed by atoms with E-state index in [1.807, 2.05) is 0 Å². The Morgan fingerprint density at radius 1 is 1.12 bits per heavy atom. The first-order valence-electron chi connectivity index (χ1n) is 10.5. The maximum atomic E-state index is 12.8. The standard InChI is InChI=1S/C24H21Cl2NO7/c1-31-24(30)13-9-15(10-13)32-7-8-33-20-11-14(25)5-6-18(20)27-23(29)21-12-19(28)16-3-2-4-17(26)22(16)34-21/h2-6,11-13,15H,7-10H2,1H3,(H,27,29). The molecule has 10 heteroatoms. The molecule has 0 unspecified atom stereocenters. The lowest BCUT2D eigenvalue weighted by Crippen LogP contribution is -2.37. The number of halogens is 2. The zero-order valence-corrected chi connectivity index (χ0v) is 19.7. The highest BCUT2D eigenvalue weighted by molar-refractivity contribution is 6.34. The lowest BCUT2D eigenvalue weighted by Gasteiger charge is -2.32. The van der Waals surface area contributed by atoms with Gasteiger partial charge in [-0.25, -0.2) is 0 Å². The van der Waals surface area contributed by atoms with Crippen molar-refractivity contribution in [1.82, 2.24) is 0 Å². The number of carbonyl (C=O) groups excluding carboxylic acids is 2. The van der Waals surface area contributed by atoms with E-state index in [-0.39, 0.29) is 58.4 Å². The van der Waals surface area contributed by atoms with Gasteiger partial charge in [-0.05, 0) is 37.1 Å². The van der Waals surface area contributed by atoms with Gasteiger partial charge in [0.05, 0.1) is 41.8 Å². The third-order valence-electron chi connectivity index (χ3n) is 5.45. The number of carbonyl (C=O) groups is 2. The Morgan fingerprint density at radius 3 is 2.68 bits per heavy atom. The number of ether oxygens (including phenoxy) is 3. The summed E-state index contributed by atoms with van der Waals surface area (Å²) in [7, 11) is 1.37. The molecule has 1 heterocycles. The molecule has 0 atom stereocenters. The number of amides is 1. The Kier molecular flexibility index (Phi) is 7.41. The highest BCUT2D eigenvalue weighted by atomic mass is 35.5. The smallest absolute Gasteiger partial charge is 0.308 e. The number of methoxy groups -OCH3 is 1. The van der Waals surface area contributed by atoms with Crippen LogP contribution in [0.5, 0.6) is 5.75 Å². The van der Waals surface area contributed by atoms with Crippen LogP contribution in [0.3, 0.4) is 0 Å². The van der Waals surface area contributed by atoms with Gasteiger partial charge in [0.15, 0.2) is 16.8 Å². The Labute approximate surface area is 204 Å². The third-order valence-corrected chi connectivity index (χ3v) is 5.98. The van der Waals surface area contributed by atoms with Gasteiger partial charge in [0.1, 0.15) is 12.4 Å². The van der Waals surface area contributed by atoms with Crippen molar-refractivity contribution in [2.75, 3.05) is 25.6 Å². The van der Waals surface area contributed by atoms with Gasteiger partial charge in [0.25, 0.3) is 5.91 Å². The van der Waals surface area contributed by atoms with Crippen molar-refractivity contribution in [3.05, 3.63) is 68.5 Å². The van der Waals surface area contributed by atoms with Crippen LogP contribution in [-0.2, 0) is 14.3 Å². The van der Waals surface area contributed by atoms with Crippen molar-refractivity contribution < 1.29 is 28.2 Å². The molecule has 0 bridgehead atoms. The van der Waals surface area contributed by atoms with Crippen molar-refractivity contribution in [2.45, 2.75) is 18.9 Å². The normalized spacial score (nSPS) is 17.1. The zero-order chi connectivity index (χ0) is 24.2. The molecule has 4 rings (SSSR count). The molecule has 0 aliphatic heterocycles. The molecule has 8 nitrogen and oxygen atoms in total. The summed E-state index contributed by atoms with van der Waals surface area (Å²) in [6.07, 6.45) is 1.21. The van der Waals surface area contributed by atoms with Gasteiger partial charge < -0.3 is 23.9 Å². The first-order valence-corrected chi connectivity index (χ1v) is 11.3. The van der Waals surface area contributed by atoms with E-state index in [1.165, 1.54) is 7.11 Å². The molecule has 0 radical (unpaired) electrons. The Balaban J connectivity index is 1.39. The van der Waals surface area contributed by atoms with E-state index in [1.54, 1.807) is 36.4 Å². The van der Waals surface area contributed by atoms with Crippen LogP contribution < -0.4 is 15.5 Å². The summed E-state index contributed by atoms with van der Waals surface area (Å²) in [5, 5.41) is 3.59. The van der Waals surface area contributed by atoms with Gasteiger partial charge in [-0.15, -0.1) is 0 Å². The molecule has 178 valence electrons. The van der Waals surface area contributed by atoms with Gasteiger partial charge in [-0.1, -0.05) is 29.3 Å². The number of benzene rings is 2. The molecule has 3 aromatic rings. The average molecular weight is 506 g/mol. The Morgan fingerprint density at radius 2 is 1.91 bits per heavy atom. The second-order valence-electron chi connectivity index (χ2n) is 7.72. The Hall–Kier alpha value is -3.07. The van der Waals surface area contributed by atoms with Crippen LogP contribution >= 0.6 is 23.2 Å². The van der Waals surface area contributed by atoms with Crippen LogP contribution in [0.25, 0.3) is 11.0 Å². The van der Waals surface area contributed by atoms with Crippen molar-refractivity contribution in [2.24, 2.45) is 5.92 Å². The summed E-state index contributed by atoms with van der Waals surface area (Å²) in [5.74, 6) is -0.854. The lowest BCUT2D eigenvalue weighted by molar-refractivity contribution is -0.155. The minimum atomic E-state index is -0.648. The predicted molar refractivity (Wildman–Crippen MR) is 127 cm³/mol. The second-order valence-corrected chi connectivity index (χ2v) is 8.56. The molecule has 1 aliphatic rings. The SMILES string of the molecule is COC(=O)C1CC(OCCOc2cc(Cl)ccc2NC(=O)c2cc(=O)c3cccc(Cl)c3o2)C1. The van der Waals surface area contributed by atoms with Gasteiger partial charge in [0, 0.05) is 17.2 Å². The fourth-order valence-corrected chi connectivity index (χ4v) is 3.96. The summed E-state index contributed by atoms with van der Waals surface area (Å²) in [4.78, 5) is 36.6. The summed E-state index contributed by atoms with van der Waals surface area (Å²) >= 11 is 12.2. The average Bonchev–Trinajstić information content (AvgIpc) is 2.79. The largest absolute Gasteiger partial charge is 0.489 e. The first kappa shape index (κ1) is 24.1. The minimum Gasteiger partial charge on any atom is -0.489 e. The number of hydrogen-bond acceptors (Lipinski definition) is 7. The molecule has 0 saturated heterocycles. The highest BCUT2D eigenvalue weighted by Gasteiger charge is 2.35. The van der Waals surface area contributed by atoms with Crippen LogP contribution in [0.2, 0.25) is 10.0 Å².